The Morgan fingerprint density at radius 3 is 2.48 bits per heavy atom. The third-order valence-electron chi connectivity index (χ3n) is 3.80. The van der Waals surface area contributed by atoms with Gasteiger partial charge in [0.1, 0.15) is 11.4 Å². The number of rotatable bonds is 8. The molecule has 0 saturated carbocycles. The van der Waals surface area contributed by atoms with Crippen LogP contribution in [0.2, 0.25) is 0 Å². The van der Waals surface area contributed by atoms with Crippen molar-refractivity contribution in [2.75, 3.05) is 18.5 Å². The molecule has 7 nitrogen and oxygen atoms in total. The number of aromatic amines is 1. The second-order valence-corrected chi connectivity index (χ2v) is 6.09. The number of carbonyl (C=O) groups excluding carboxylic acids is 2. The molecule has 3 N–H and O–H groups in total. The van der Waals surface area contributed by atoms with E-state index in [1.54, 1.807) is 12.1 Å². The molecule has 2 amide bonds. The quantitative estimate of drug-likeness (QED) is 0.582. The Morgan fingerprint density at radius 1 is 1.17 bits per heavy atom. The zero-order valence-corrected chi connectivity index (χ0v) is 15.6. The average molecular weight is 411 g/mol. The number of carbonyl (C=O) groups is 2. The first-order valence-corrected chi connectivity index (χ1v) is 8.81. The number of aromatic nitrogens is 1. The molecule has 0 unspecified atom stereocenters. The number of nitrogens with one attached hydrogen (secondary N) is 3. The fraction of sp³-hybridized carbons (Fsp3) is 0.316. The molecule has 0 fully saturated rings. The summed E-state index contributed by atoms with van der Waals surface area (Å²) < 4.78 is 43.6. The maximum Gasteiger partial charge on any atom is 0.417 e. The van der Waals surface area contributed by atoms with Gasteiger partial charge in [0.25, 0.3) is 11.5 Å². The van der Waals surface area contributed by atoms with E-state index in [0.29, 0.717) is 24.6 Å². The molecule has 1 aromatic heterocycles. The van der Waals surface area contributed by atoms with E-state index in [-0.39, 0.29) is 5.56 Å². The van der Waals surface area contributed by atoms with Crippen LogP contribution in [0.5, 0.6) is 5.75 Å². The molecule has 1 aromatic carbocycles. The Hall–Kier alpha value is -3.30. The van der Waals surface area contributed by atoms with Crippen molar-refractivity contribution in [2.24, 2.45) is 0 Å². The maximum atomic E-state index is 12.7. The number of anilines is 1. The van der Waals surface area contributed by atoms with Crippen molar-refractivity contribution in [3.8, 4) is 5.75 Å². The number of halogens is 3. The van der Waals surface area contributed by atoms with E-state index in [0.717, 1.165) is 12.8 Å². The second kappa shape index (κ2) is 9.76. The van der Waals surface area contributed by atoms with Gasteiger partial charge in [-0.1, -0.05) is 13.3 Å². The van der Waals surface area contributed by atoms with Crippen LogP contribution in [0.15, 0.2) is 41.3 Å². The summed E-state index contributed by atoms with van der Waals surface area (Å²) in [6, 6.07) is 6.80. The number of alkyl halides is 3. The molecule has 29 heavy (non-hydrogen) atoms. The van der Waals surface area contributed by atoms with Gasteiger partial charge < -0.3 is 20.4 Å². The smallest absolute Gasteiger partial charge is 0.417 e. The number of pyridine rings is 1. The highest BCUT2D eigenvalue weighted by atomic mass is 19.4. The van der Waals surface area contributed by atoms with Crippen LogP contribution in [0, 0.1) is 0 Å². The SMILES string of the molecule is CCCCOc1ccc(C(=O)NCC(=O)Nc2cc(C(F)(F)F)c[nH]c2=O)cc1. The van der Waals surface area contributed by atoms with Crippen LogP contribution in [0.4, 0.5) is 18.9 Å². The minimum absolute atomic E-state index is 0.276. The topological polar surface area (TPSA) is 100 Å². The highest BCUT2D eigenvalue weighted by Gasteiger charge is 2.31. The molecule has 2 rings (SSSR count). The van der Waals surface area contributed by atoms with Crippen LogP contribution in [-0.4, -0.2) is 29.9 Å². The van der Waals surface area contributed by atoms with E-state index in [2.05, 4.69) is 5.32 Å². The maximum absolute atomic E-state index is 12.7. The fourth-order valence-corrected chi connectivity index (χ4v) is 2.23. The summed E-state index contributed by atoms with van der Waals surface area (Å²) in [7, 11) is 0. The molecule has 0 aliphatic carbocycles. The number of hydrogen-bond donors (Lipinski definition) is 3. The molecular formula is C19H20F3N3O4. The molecule has 156 valence electrons. The summed E-state index contributed by atoms with van der Waals surface area (Å²) in [5.74, 6) is -0.794. The van der Waals surface area contributed by atoms with Gasteiger partial charge in [0.15, 0.2) is 0 Å². The van der Waals surface area contributed by atoms with E-state index in [1.807, 2.05) is 17.2 Å². The summed E-state index contributed by atoms with van der Waals surface area (Å²) in [6.07, 6.45) is -2.26. The van der Waals surface area contributed by atoms with Crippen LogP contribution in [-0.2, 0) is 11.0 Å². The van der Waals surface area contributed by atoms with Crippen LogP contribution < -0.4 is 20.9 Å². The van der Waals surface area contributed by atoms with E-state index in [9.17, 15) is 27.6 Å². The zero-order chi connectivity index (χ0) is 21.4. The van der Waals surface area contributed by atoms with Gasteiger partial charge >= 0.3 is 6.18 Å². The number of unbranched alkanes of at least 4 members (excludes halogenated alkanes) is 1. The molecule has 1 heterocycles. The number of benzene rings is 1. The Morgan fingerprint density at radius 2 is 1.86 bits per heavy atom. The lowest BCUT2D eigenvalue weighted by atomic mass is 10.2. The Kier molecular flexibility index (Phi) is 7.40. The van der Waals surface area contributed by atoms with Crippen molar-refractivity contribution in [1.29, 1.82) is 0 Å². The number of hydrogen-bond acceptors (Lipinski definition) is 4. The van der Waals surface area contributed by atoms with Crippen molar-refractivity contribution in [3.05, 3.63) is 58.0 Å². The zero-order valence-electron chi connectivity index (χ0n) is 15.6. The van der Waals surface area contributed by atoms with Gasteiger partial charge in [0, 0.05) is 11.8 Å². The lowest BCUT2D eigenvalue weighted by Gasteiger charge is -2.10. The summed E-state index contributed by atoms with van der Waals surface area (Å²) in [5, 5.41) is 4.38. The second-order valence-electron chi connectivity index (χ2n) is 6.09. The summed E-state index contributed by atoms with van der Waals surface area (Å²) in [5.41, 5.74) is -2.29. The van der Waals surface area contributed by atoms with Crippen molar-refractivity contribution in [2.45, 2.75) is 25.9 Å². The molecule has 0 spiro atoms. The lowest BCUT2D eigenvalue weighted by Crippen LogP contribution is -2.34. The van der Waals surface area contributed by atoms with Crippen molar-refractivity contribution in [3.63, 3.8) is 0 Å². The Balaban J connectivity index is 1.90. The van der Waals surface area contributed by atoms with E-state index in [4.69, 9.17) is 4.74 Å². The van der Waals surface area contributed by atoms with Gasteiger partial charge in [0.05, 0.1) is 18.7 Å². The molecule has 0 aliphatic heterocycles. The van der Waals surface area contributed by atoms with Crippen LogP contribution in [0.3, 0.4) is 0 Å². The first-order chi connectivity index (χ1) is 13.7. The average Bonchev–Trinajstić information content (AvgIpc) is 2.67. The number of ether oxygens (including phenoxy) is 1. The Labute approximate surface area is 164 Å². The molecule has 10 heteroatoms. The highest BCUT2D eigenvalue weighted by molar-refractivity contribution is 5.99. The molecule has 0 atom stereocenters. The minimum Gasteiger partial charge on any atom is -0.494 e. The minimum atomic E-state index is -4.68. The molecule has 0 aliphatic rings. The molecule has 0 radical (unpaired) electrons. The molecule has 0 bridgehead atoms. The van der Waals surface area contributed by atoms with Gasteiger partial charge in [-0.2, -0.15) is 13.2 Å². The number of H-pyrrole nitrogens is 1. The largest absolute Gasteiger partial charge is 0.494 e. The van der Waals surface area contributed by atoms with Crippen LogP contribution >= 0.6 is 0 Å². The number of amides is 2. The molecule has 2 aromatic rings. The lowest BCUT2D eigenvalue weighted by molar-refractivity contribution is -0.137. The monoisotopic (exact) mass is 411 g/mol. The van der Waals surface area contributed by atoms with Gasteiger partial charge in [-0.25, -0.2) is 0 Å². The van der Waals surface area contributed by atoms with Crippen molar-refractivity contribution in [1.82, 2.24) is 10.3 Å². The van der Waals surface area contributed by atoms with Crippen molar-refractivity contribution < 1.29 is 27.5 Å². The third kappa shape index (κ3) is 6.66. The predicted molar refractivity (Wildman–Crippen MR) is 99.9 cm³/mol. The summed E-state index contributed by atoms with van der Waals surface area (Å²) in [4.78, 5) is 37.4. The normalized spacial score (nSPS) is 11.0. The van der Waals surface area contributed by atoms with Crippen LogP contribution in [0.1, 0.15) is 35.7 Å². The first-order valence-electron chi connectivity index (χ1n) is 8.81. The van der Waals surface area contributed by atoms with E-state index < -0.39 is 41.3 Å². The van der Waals surface area contributed by atoms with Gasteiger partial charge in [-0.15, -0.1) is 0 Å². The van der Waals surface area contributed by atoms with Crippen molar-refractivity contribution >= 4 is 17.5 Å². The van der Waals surface area contributed by atoms with Gasteiger partial charge in [-0.3, -0.25) is 14.4 Å². The van der Waals surface area contributed by atoms with E-state index in [1.165, 1.54) is 12.1 Å². The van der Waals surface area contributed by atoms with Gasteiger partial charge in [-0.05, 0) is 36.8 Å². The summed E-state index contributed by atoms with van der Waals surface area (Å²) >= 11 is 0. The fourth-order valence-electron chi connectivity index (χ4n) is 2.23. The molecular weight excluding hydrogens is 391 g/mol. The van der Waals surface area contributed by atoms with E-state index >= 15 is 0 Å². The predicted octanol–water partition coefficient (Wildman–Crippen LogP) is 2.94. The summed E-state index contributed by atoms with van der Waals surface area (Å²) in [6.45, 7) is 2.08. The molecule has 0 saturated heterocycles. The highest BCUT2D eigenvalue weighted by Crippen LogP contribution is 2.29. The first kappa shape index (κ1) is 22.0. The van der Waals surface area contributed by atoms with Crippen LogP contribution in [0.25, 0.3) is 0 Å². The Bertz CT molecular complexity index is 908. The third-order valence-corrected chi connectivity index (χ3v) is 3.80. The standard InChI is InChI=1S/C19H20F3N3O4/c1-2-3-8-29-14-6-4-12(5-7-14)17(27)24-11-16(26)25-15-9-13(19(20,21)22)10-23-18(15)28/h4-7,9-10H,2-3,8,11H2,1H3,(H,23,28)(H,24,27)(H,25,26). The van der Waals surface area contributed by atoms with Gasteiger partial charge in [0.2, 0.25) is 5.91 Å².